The number of nitro groups is 1. The first kappa shape index (κ1) is 18.0. The van der Waals surface area contributed by atoms with Crippen LogP contribution in [0.2, 0.25) is 0 Å². The van der Waals surface area contributed by atoms with Gasteiger partial charge in [-0.2, -0.15) is 0 Å². The molecular formula is C20H19N3O5. The lowest BCUT2D eigenvalue weighted by atomic mass is 9.99. The van der Waals surface area contributed by atoms with Crippen LogP contribution in [0.4, 0.5) is 11.4 Å². The Kier molecular flexibility index (Phi) is 4.68. The van der Waals surface area contributed by atoms with Gasteiger partial charge in [0.15, 0.2) is 6.61 Å². The number of amides is 2. The van der Waals surface area contributed by atoms with E-state index >= 15 is 0 Å². The van der Waals surface area contributed by atoms with Crippen LogP contribution >= 0.6 is 0 Å². The molecule has 0 bridgehead atoms. The molecule has 8 heteroatoms. The summed E-state index contributed by atoms with van der Waals surface area (Å²) in [7, 11) is 0. The molecule has 0 radical (unpaired) electrons. The first-order chi connectivity index (χ1) is 13.5. The van der Waals surface area contributed by atoms with Crippen molar-refractivity contribution in [2.24, 2.45) is 0 Å². The average Bonchev–Trinajstić information content (AvgIpc) is 3.21. The molecule has 1 atom stereocenters. The van der Waals surface area contributed by atoms with Crippen molar-refractivity contribution in [2.45, 2.75) is 12.3 Å². The minimum atomic E-state index is -0.537. The Morgan fingerprint density at radius 1 is 1.21 bits per heavy atom. The molecule has 144 valence electrons. The largest absolute Gasteiger partial charge is 0.482 e. The van der Waals surface area contributed by atoms with Crippen molar-refractivity contribution in [3.05, 3.63) is 64.2 Å². The lowest BCUT2D eigenvalue weighted by Gasteiger charge is -2.30. The molecule has 8 nitrogen and oxygen atoms in total. The summed E-state index contributed by atoms with van der Waals surface area (Å²) in [5.74, 6) is 0.0757. The van der Waals surface area contributed by atoms with E-state index in [4.69, 9.17) is 4.74 Å². The van der Waals surface area contributed by atoms with Crippen LogP contribution in [0.25, 0.3) is 0 Å². The van der Waals surface area contributed by atoms with Crippen LogP contribution in [0, 0.1) is 10.1 Å². The smallest absolute Gasteiger partial charge is 0.271 e. The van der Waals surface area contributed by atoms with Crippen molar-refractivity contribution < 1.29 is 19.2 Å². The standard InChI is InChI=1S/C20H19N3O5/c24-19(21-9-8-15(11-21)14-4-2-1-3-5-14)12-22-17-10-16(23(26)27)6-7-18(17)28-13-20(22)25/h1-7,10,15H,8-9,11-13H2. The second-order valence-corrected chi connectivity index (χ2v) is 6.91. The molecule has 0 N–H and O–H groups in total. The molecule has 4 rings (SSSR count). The molecule has 2 amide bonds. The number of non-ortho nitro benzene ring substituents is 1. The molecule has 2 heterocycles. The zero-order chi connectivity index (χ0) is 19.7. The van der Waals surface area contributed by atoms with Gasteiger partial charge in [-0.1, -0.05) is 30.3 Å². The average molecular weight is 381 g/mol. The summed E-state index contributed by atoms with van der Waals surface area (Å²) < 4.78 is 5.34. The second-order valence-electron chi connectivity index (χ2n) is 6.91. The maximum absolute atomic E-state index is 12.8. The van der Waals surface area contributed by atoms with E-state index in [0.29, 0.717) is 18.8 Å². The highest BCUT2D eigenvalue weighted by Gasteiger charge is 2.33. The summed E-state index contributed by atoms with van der Waals surface area (Å²) in [6.45, 7) is 0.879. The highest BCUT2D eigenvalue weighted by Crippen LogP contribution is 2.35. The van der Waals surface area contributed by atoms with Crippen LogP contribution < -0.4 is 9.64 Å². The molecule has 0 aromatic heterocycles. The Balaban J connectivity index is 1.50. The number of carbonyl (C=O) groups excluding carboxylic acids is 2. The predicted molar refractivity (Wildman–Crippen MR) is 101 cm³/mol. The lowest BCUT2D eigenvalue weighted by molar-refractivity contribution is -0.384. The lowest BCUT2D eigenvalue weighted by Crippen LogP contribution is -2.46. The molecule has 1 unspecified atom stereocenters. The molecule has 2 aromatic carbocycles. The number of anilines is 1. The van der Waals surface area contributed by atoms with Gasteiger partial charge >= 0.3 is 0 Å². The minimum Gasteiger partial charge on any atom is -0.482 e. The molecule has 1 fully saturated rings. The number of benzene rings is 2. The molecular weight excluding hydrogens is 362 g/mol. The normalized spacial score (nSPS) is 18.6. The van der Waals surface area contributed by atoms with Gasteiger partial charge in [-0.25, -0.2) is 0 Å². The summed E-state index contributed by atoms with van der Waals surface area (Å²) in [5, 5.41) is 11.1. The van der Waals surface area contributed by atoms with E-state index in [0.717, 1.165) is 6.42 Å². The second kappa shape index (κ2) is 7.30. The number of hydrogen-bond acceptors (Lipinski definition) is 5. The Labute approximate surface area is 161 Å². The number of nitrogens with zero attached hydrogens (tertiary/aromatic N) is 3. The molecule has 0 saturated carbocycles. The third kappa shape index (κ3) is 3.40. The fourth-order valence-corrected chi connectivity index (χ4v) is 3.70. The van der Waals surface area contributed by atoms with Crippen molar-refractivity contribution in [3.8, 4) is 5.75 Å². The van der Waals surface area contributed by atoms with Gasteiger partial charge in [0.1, 0.15) is 12.3 Å². The summed E-state index contributed by atoms with van der Waals surface area (Å²) in [4.78, 5) is 38.7. The van der Waals surface area contributed by atoms with E-state index in [2.05, 4.69) is 12.1 Å². The van der Waals surface area contributed by atoms with E-state index in [1.165, 1.54) is 28.7 Å². The Bertz CT molecular complexity index is 931. The van der Waals surface area contributed by atoms with Gasteiger partial charge in [0.05, 0.1) is 10.6 Å². The maximum atomic E-state index is 12.8. The van der Waals surface area contributed by atoms with Crippen LogP contribution in [-0.4, -0.2) is 47.9 Å². The molecule has 0 aliphatic carbocycles. The van der Waals surface area contributed by atoms with Crippen molar-refractivity contribution >= 4 is 23.2 Å². The molecule has 0 spiro atoms. The van der Waals surface area contributed by atoms with Gasteiger partial charge in [0.25, 0.3) is 11.6 Å². The van der Waals surface area contributed by atoms with E-state index in [9.17, 15) is 19.7 Å². The van der Waals surface area contributed by atoms with Crippen molar-refractivity contribution in [1.82, 2.24) is 4.90 Å². The van der Waals surface area contributed by atoms with Crippen LogP contribution in [0.15, 0.2) is 48.5 Å². The minimum absolute atomic E-state index is 0.153. The summed E-state index contributed by atoms with van der Waals surface area (Å²) >= 11 is 0. The van der Waals surface area contributed by atoms with Crippen LogP contribution in [0.5, 0.6) is 5.75 Å². The van der Waals surface area contributed by atoms with Crippen molar-refractivity contribution in [2.75, 3.05) is 31.1 Å². The Morgan fingerprint density at radius 2 is 2.00 bits per heavy atom. The van der Waals surface area contributed by atoms with E-state index in [1.54, 1.807) is 4.90 Å². The molecule has 2 aliphatic heterocycles. The third-order valence-electron chi connectivity index (χ3n) is 5.20. The van der Waals surface area contributed by atoms with Gasteiger partial charge in [-0.3, -0.25) is 24.6 Å². The first-order valence-electron chi connectivity index (χ1n) is 9.07. The fraction of sp³-hybridized carbons (Fsp3) is 0.300. The first-order valence-corrected chi connectivity index (χ1v) is 9.07. The van der Waals surface area contributed by atoms with Gasteiger partial charge in [-0.05, 0) is 18.1 Å². The topological polar surface area (TPSA) is 93.0 Å². The highest BCUT2D eigenvalue weighted by molar-refractivity contribution is 6.02. The summed E-state index contributed by atoms with van der Waals surface area (Å²) in [6.07, 6.45) is 0.870. The maximum Gasteiger partial charge on any atom is 0.271 e. The number of rotatable bonds is 4. The van der Waals surface area contributed by atoms with Crippen LogP contribution in [0.1, 0.15) is 17.9 Å². The van der Waals surface area contributed by atoms with Crippen molar-refractivity contribution in [1.29, 1.82) is 0 Å². The van der Waals surface area contributed by atoms with E-state index < -0.39 is 4.92 Å². The Morgan fingerprint density at radius 3 is 2.75 bits per heavy atom. The quantitative estimate of drug-likeness (QED) is 0.599. The van der Waals surface area contributed by atoms with Crippen molar-refractivity contribution in [3.63, 3.8) is 0 Å². The monoisotopic (exact) mass is 381 g/mol. The van der Waals surface area contributed by atoms with Crippen LogP contribution in [0.3, 0.4) is 0 Å². The van der Waals surface area contributed by atoms with E-state index in [-0.39, 0.29) is 42.3 Å². The predicted octanol–water partition coefficient (Wildman–Crippen LogP) is 2.34. The van der Waals surface area contributed by atoms with Gasteiger partial charge in [0.2, 0.25) is 5.91 Å². The third-order valence-corrected chi connectivity index (χ3v) is 5.20. The molecule has 1 saturated heterocycles. The van der Waals surface area contributed by atoms with Gasteiger partial charge < -0.3 is 9.64 Å². The Hall–Kier alpha value is -3.42. The molecule has 2 aliphatic rings. The summed E-state index contributed by atoms with van der Waals surface area (Å²) in [5.41, 5.74) is 1.30. The number of hydrogen-bond donors (Lipinski definition) is 0. The van der Waals surface area contributed by atoms with Gasteiger partial charge in [-0.15, -0.1) is 0 Å². The molecule has 2 aromatic rings. The zero-order valence-corrected chi connectivity index (χ0v) is 15.1. The number of carbonyl (C=O) groups is 2. The highest BCUT2D eigenvalue weighted by atomic mass is 16.6. The number of likely N-dealkylation sites (tertiary alicyclic amines) is 1. The zero-order valence-electron chi connectivity index (χ0n) is 15.1. The number of ether oxygens (including phenoxy) is 1. The van der Waals surface area contributed by atoms with E-state index in [1.807, 2.05) is 18.2 Å². The SMILES string of the molecule is O=C(CN1C(=O)COc2ccc([N+](=O)[O-])cc21)N1CCC(c2ccccc2)C1. The molecule has 28 heavy (non-hydrogen) atoms. The van der Waals surface area contributed by atoms with Gasteiger partial charge in [0, 0.05) is 31.1 Å². The summed E-state index contributed by atoms with van der Waals surface area (Å²) in [6, 6.07) is 14.1. The van der Waals surface area contributed by atoms with Crippen LogP contribution in [-0.2, 0) is 9.59 Å². The fourth-order valence-electron chi connectivity index (χ4n) is 3.70. The number of nitro benzene ring substituents is 1. The number of fused-ring (bicyclic) bond motifs is 1.